The monoisotopic (exact) mass is 363 g/mol. The fourth-order valence-electron chi connectivity index (χ4n) is 3.38. The van der Waals surface area contributed by atoms with E-state index in [-0.39, 0.29) is 23.0 Å². The number of hydrogen-bond donors (Lipinski definition) is 1. The van der Waals surface area contributed by atoms with Gasteiger partial charge in [-0.1, -0.05) is 30.3 Å². The molecule has 1 saturated heterocycles. The van der Waals surface area contributed by atoms with Gasteiger partial charge in [0, 0.05) is 30.1 Å². The van der Waals surface area contributed by atoms with Crippen molar-refractivity contribution in [1.29, 1.82) is 0 Å². The fraction of sp³-hybridized carbons (Fsp3) is 0.350. The summed E-state index contributed by atoms with van der Waals surface area (Å²) in [5.74, 6) is -0.380. The number of piperidine rings is 1. The molecule has 2 aromatic carbocycles. The van der Waals surface area contributed by atoms with E-state index in [4.69, 9.17) is 0 Å². The van der Waals surface area contributed by atoms with Crippen LogP contribution in [-0.4, -0.2) is 28.9 Å². The van der Waals surface area contributed by atoms with Gasteiger partial charge < -0.3 is 5.11 Å². The van der Waals surface area contributed by atoms with Crippen molar-refractivity contribution in [2.45, 2.75) is 25.6 Å². The molecule has 2 aromatic rings. The van der Waals surface area contributed by atoms with Crippen molar-refractivity contribution in [3.05, 3.63) is 65.2 Å². The summed E-state index contributed by atoms with van der Waals surface area (Å²) >= 11 is 0. The number of halogens is 3. The van der Waals surface area contributed by atoms with Gasteiger partial charge in [-0.2, -0.15) is 13.2 Å². The topological polar surface area (TPSA) is 40.5 Å². The van der Waals surface area contributed by atoms with Gasteiger partial charge in [-0.15, -0.1) is 0 Å². The number of benzene rings is 2. The molecule has 1 fully saturated rings. The summed E-state index contributed by atoms with van der Waals surface area (Å²) in [6.07, 6.45) is -3.00. The second-order valence-electron chi connectivity index (χ2n) is 6.65. The van der Waals surface area contributed by atoms with E-state index < -0.39 is 11.7 Å². The maximum atomic E-state index is 12.9. The lowest BCUT2D eigenvalue weighted by Crippen LogP contribution is -2.38. The number of aromatic hydroxyl groups is 1. The van der Waals surface area contributed by atoms with Crippen LogP contribution in [-0.2, 0) is 12.7 Å². The lowest BCUT2D eigenvalue weighted by Gasteiger charge is -2.32. The van der Waals surface area contributed by atoms with Gasteiger partial charge in [0.25, 0.3) is 0 Å². The lowest BCUT2D eigenvalue weighted by molar-refractivity contribution is -0.137. The third-order valence-electron chi connectivity index (χ3n) is 4.74. The van der Waals surface area contributed by atoms with Crippen molar-refractivity contribution in [2.75, 3.05) is 13.1 Å². The van der Waals surface area contributed by atoms with E-state index in [1.54, 1.807) is 12.1 Å². The number of phenolic OH excluding ortho intramolecular Hbond substituents is 1. The van der Waals surface area contributed by atoms with Crippen molar-refractivity contribution in [3.63, 3.8) is 0 Å². The van der Waals surface area contributed by atoms with Gasteiger partial charge in [0.1, 0.15) is 5.75 Å². The van der Waals surface area contributed by atoms with Gasteiger partial charge in [0.15, 0.2) is 5.78 Å². The van der Waals surface area contributed by atoms with Crippen LogP contribution in [0.1, 0.15) is 34.3 Å². The van der Waals surface area contributed by atoms with Crippen molar-refractivity contribution >= 4 is 5.78 Å². The third kappa shape index (κ3) is 4.25. The molecule has 26 heavy (non-hydrogen) atoms. The highest BCUT2D eigenvalue weighted by atomic mass is 19.4. The smallest absolute Gasteiger partial charge is 0.416 e. The van der Waals surface area contributed by atoms with Crippen LogP contribution in [0, 0.1) is 5.92 Å². The molecule has 138 valence electrons. The van der Waals surface area contributed by atoms with Crippen LogP contribution in [0.3, 0.4) is 0 Å². The number of carbonyl (C=O) groups is 1. The van der Waals surface area contributed by atoms with E-state index in [1.807, 2.05) is 12.1 Å². The van der Waals surface area contributed by atoms with Crippen molar-refractivity contribution in [3.8, 4) is 5.75 Å². The van der Waals surface area contributed by atoms with Crippen LogP contribution < -0.4 is 0 Å². The summed E-state index contributed by atoms with van der Waals surface area (Å²) < 4.78 is 38.6. The molecule has 1 heterocycles. The third-order valence-corrected chi connectivity index (χ3v) is 4.74. The Morgan fingerprint density at radius 1 is 1.15 bits per heavy atom. The molecule has 0 saturated carbocycles. The molecule has 0 spiro atoms. The van der Waals surface area contributed by atoms with Gasteiger partial charge in [-0.3, -0.25) is 9.69 Å². The molecule has 0 unspecified atom stereocenters. The van der Waals surface area contributed by atoms with Crippen LogP contribution >= 0.6 is 0 Å². The van der Waals surface area contributed by atoms with Gasteiger partial charge in [0.2, 0.25) is 0 Å². The predicted octanol–water partition coefficient (Wildman–Crippen LogP) is 4.51. The fourth-order valence-corrected chi connectivity index (χ4v) is 3.38. The summed E-state index contributed by atoms with van der Waals surface area (Å²) in [7, 11) is 0. The zero-order valence-electron chi connectivity index (χ0n) is 14.2. The summed E-state index contributed by atoms with van der Waals surface area (Å²) in [6.45, 7) is 1.78. The highest BCUT2D eigenvalue weighted by Crippen LogP contribution is 2.31. The highest BCUT2D eigenvalue weighted by Gasteiger charge is 2.32. The van der Waals surface area contributed by atoms with Crippen molar-refractivity contribution in [2.24, 2.45) is 5.92 Å². The van der Waals surface area contributed by atoms with E-state index in [9.17, 15) is 23.1 Å². The molecule has 0 aromatic heterocycles. The largest absolute Gasteiger partial charge is 0.508 e. The van der Waals surface area contributed by atoms with Crippen LogP contribution in [0.4, 0.5) is 13.2 Å². The minimum absolute atomic E-state index is 0.106. The van der Waals surface area contributed by atoms with Gasteiger partial charge in [-0.25, -0.2) is 0 Å². The number of carbonyl (C=O) groups excluding carboxylic acids is 1. The Bertz CT molecular complexity index is 789. The minimum atomic E-state index is -4.46. The number of phenols is 1. The summed E-state index contributed by atoms with van der Waals surface area (Å²) in [4.78, 5) is 14.8. The predicted molar refractivity (Wildman–Crippen MR) is 91.9 cm³/mol. The normalized spacial score (nSPS) is 18.7. The van der Waals surface area contributed by atoms with Crippen LogP contribution in [0.15, 0.2) is 48.5 Å². The Hall–Kier alpha value is -2.34. The number of para-hydroxylation sites is 1. The summed E-state index contributed by atoms with van der Waals surface area (Å²) in [5, 5.41) is 9.90. The molecule has 1 aliphatic rings. The van der Waals surface area contributed by atoms with E-state index in [2.05, 4.69) is 4.90 Å². The standard InChI is InChI=1S/C20H20F3NO2/c21-20(22,23)17-8-3-6-14(11-17)19(26)16-7-4-10-24(13-16)12-15-5-1-2-9-18(15)25/h1-3,5-6,8-9,11,16,25H,4,7,10,12-13H2/t16-/m1/s1. The molecular weight excluding hydrogens is 343 g/mol. The zero-order chi connectivity index (χ0) is 18.7. The first-order chi connectivity index (χ1) is 12.3. The quantitative estimate of drug-likeness (QED) is 0.813. The number of likely N-dealkylation sites (tertiary alicyclic amines) is 1. The number of nitrogens with zero attached hydrogens (tertiary/aromatic N) is 1. The highest BCUT2D eigenvalue weighted by molar-refractivity contribution is 5.98. The van der Waals surface area contributed by atoms with Crippen molar-refractivity contribution in [1.82, 2.24) is 4.90 Å². The minimum Gasteiger partial charge on any atom is -0.508 e. The number of alkyl halides is 3. The SMILES string of the molecule is O=C(c1cccc(C(F)(F)F)c1)[C@@H]1CCCN(Cc2ccccc2O)C1. The second kappa shape index (κ2) is 7.50. The number of Topliss-reactive ketones (excluding diaryl/α,β-unsaturated/α-hetero) is 1. The molecule has 0 bridgehead atoms. The molecule has 0 aliphatic carbocycles. The molecule has 3 nitrogen and oxygen atoms in total. The summed E-state index contributed by atoms with van der Waals surface area (Å²) in [5.41, 5.74) is 0.0825. The average Bonchev–Trinajstić information content (AvgIpc) is 2.63. The Labute approximate surface area is 150 Å². The van der Waals surface area contributed by atoms with Gasteiger partial charge >= 0.3 is 6.18 Å². The molecule has 1 aliphatic heterocycles. The average molecular weight is 363 g/mol. The lowest BCUT2D eigenvalue weighted by atomic mass is 9.89. The molecule has 1 atom stereocenters. The summed E-state index contributed by atoms with van der Waals surface area (Å²) in [6, 6.07) is 11.7. The maximum absolute atomic E-state index is 12.9. The molecule has 0 amide bonds. The molecule has 0 radical (unpaired) electrons. The Kier molecular flexibility index (Phi) is 5.32. The molecular formula is C20H20F3NO2. The van der Waals surface area contributed by atoms with Gasteiger partial charge in [0.05, 0.1) is 5.56 Å². The Balaban J connectivity index is 1.71. The number of ketones is 1. The van der Waals surface area contributed by atoms with Crippen LogP contribution in [0.2, 0.25) is 0 Å². The molecule has 1 N–H and O–H groups in total. The van der Waals surface area contributed by atoms with E-state index >= 15 is 0 Å². The van der Waals surface area contributed by atoms with E-state index in [0.717, 1.165) is 30.7 Å². The Morgan fingerprint density at radius 3 is 2.65 bits per heavy atom. The van der Waals surface area contributed by atoms with E-state index in [1.165, 1.54) is 12.1 Å². The second-order valence-corrected chi connectivity index (χ2v) is 6.65. The van der Waals surface area contributed by atoms with Crippen molar-refractivity contribution < 1.29 is 23.1 Å². The molecule has 3 rings (SSSR count). The van der Waals surface area contributed by atoms with E-state index in [0.29, 0.717) is 19.5 Å². The van der Waals surface area contributed by atoms with Gasteiger partial charge in [-0.05, 0) is 37.6 Å². The number of hydrogen-bond acceptors (Lipinski definition) is 3. The first-order valence-electron chi connectivity index (χ1n) is 8.55. The zero-order valence-corrected chi connectivity index (χ0v) is 14.2. The van der Waals surface area contributed by atoms with Crippen LogP contribution in [0.25, 0.3) is 0 Å². The van der Waals surface area contributed by atoms with Crippen LogP contribution in [0.5, 0.6) is 5.75 Å². The first-order valence-corrected chi connectivity index (χ1v) is 8.55. The molecule has 6 heteroatoms. The first kappa shape index (κ1) is 18.5. The number of rotatable bonds is 4. The maximum Gasteiger partial charge on any atom is 0.416 e. The Morgan fingerprint density at radius 2 is 1.92 bits per heavy atom.